The van der Waals surface area contributed by atoms with E-state index < -0.39 is 37.8 Å². The fraction of sp³-hybridized carbons (Fsp3) is 0.434. The third-order valence-electron chi connectivity index (χ3n) is 12.0. The van der Waals surface area contributed by atoms with Gasteiger partial charge in [-0.05, 0) is 92.1 Å². The average molecular weight is 813 g/mol. The van der Waals surface area contributed by atoms with Crippen molar-refractivity contribution in [2.24, 2.45) is 0 Å². The lowest BCUT2D eigenvalue weighted by atomic mass is 9.70. The molecule has 2 aliphatic rings. The Hall–Kier alpha value is -3.83. The highest BCUT2D eigenvalue weighted by Gasteiger charge is 2.67. The monoisotopic (exact) mass is 812 g/mol. The normalized spacial score (nSPS) is 20.8. The highest BCUT2D eigenvalue weighted by atomic mass is 31.2. The first-order chi connectivity index (χ1) is 27.4. The van der Waals surface area contributed by atoms with Gasteiger partial charge in [0.15, 0.2) is 17.0 Å². The van der Waals surface area contributed by atoms with Crippen molar-refractivity contribution >= 4 is 8.60 Å². The quantitative estimate of drug-likeness (QED) is 0.160. The molecule has 0 bridgehead atoms. The Kier molecular flexibility index (Phi) is 11.2. The second-order valence-electron chi connectivity index (χ2n) is 21.1. The first-order valence-electron chi connectivity index (χ1n) is 21.1. The van der Waals surface area contributed by atoms with E-state index in [9.17, 15) is 0 Å². The molecule has 0 amide bonds. The molecule has 2 saturated heterocycles. The Bertz CT molecular complexity index is 1940. The van der Waals surface area contributed by atoms with Crippen molar-refractivity contribution in [3.8, 4) is 5.75 Å². The van der Waals surface area contributed by atoms with E-state index >= 15 is 0 Å². The van der Waals surface area contributed by atoms with Crippen LogP contribution in [0.4, 0.5) is 0 Å². The van der Waals surface area contributed by atoms with Gasteiger partial charge in [0.2, 0.25) is 0 Å². The molecule has 0 spiro atoms. The minimum absolute atomic E-state index is 0.0540. The minimum Gasteiger partial charge on any atom is -0.427 e. The van der Waals surface area contributed by atoms with Crippen LogP contribution in [0.5, 0.6) is 5.75 Å². The Morgan fingerprint density at radius 1 is 0.407 bits per heavy atom. The van der Waals surface area contributed by atoms with Crippen molar-refractivity contribution in [2.45, 2.75) is 148 Å². The van der Waals surface area contributed by atoms with Gasteiger partial charge >= 0.3 is 8.60 Å². The first kappa shape index (κ1) is 43.3. The number of hydrogen-bond donors (Lipinski definition) is 0. The maximum Gasteiger partial charge on any atom is 0.399 e. The van der Waals surface area contributed by atoms with Crippen LogP contribution in [0.15, 0.2) is 127 Å². The van der Waals surface area contributed by atoms with Crippen LogP contribution in [0.25, 0.3) is 0 Å². The molecule has 5 nitrogen and oxygen atoms in total. The Morgan fingerprint density at radius 3 is 0.932 bits per heavy atom. The summed E-state index contributed by atoms with van der Waals surface area (Å²) >= 11 is 0. The number of fused-ring (bicyclic) bond motifs is 1. The van der Waals surface area contributed by atoms with Gasteiger partial charge in [-0.3, -0.25) is 9.05 Å². The zero-order chi connectivity index (χ0) is 42.8. The molecule has 5 aromatic carbocycles. The topological polar surface area (TPSA) is 46.2 Å². The molecular formula is C53H65O5P. The molecule has 5 aromatic rings. The molecule has 2 aliphatic heterocycles. The second kappa shape index (κ2) is 15.3. The Balaban J connectivity index is 1.58. The summed E-state index contributed by atoms with van der Waals surface area (Å²) in [5, 5.41) is 0. The van der Waals surface area contributed by atoms with Crippen LogP contribution >= 0.6 is 8.60 Å². The molecule has 2 atom stereocenters. The van der Waals surface area contributed by atoms with E-state index in [1.54, 1.807) is 0 Å². The molecule has 2 heterocycles. The second-order valence-corrected chi connectivity index (χ2v) is 22.1. The molecule has 0 aromatic heterocycles. The predicted octanol–water partition coefficient (Wildman–Crippen LogP) is 13.9. The number of ether oxygens (including phenoxy) is 2. The average Bonchev–Trinajstić information content (AvgIpc) is 3.45. The molecular weight excluding hydrogens is 748 g/mol. The van der Waals surface area contributed by atoms with Crippen LogP contribution in [0.3, 0.4) is 0 Å². The van der Waals surface area contributed by atoms with E-state index in [4.69, 9.17) is 23.0 Å². The van der Waals surface area contributed by atoms with Gasteiger partial charge in [0, 0.05) is 0 Å². The lowest BCUT2D eigenvalue weighted by Gasteiger charge is -2.42. The van der Waals surface area contributed by atoms with E-state index in [1.165, 1.54) is 22.3 Å². The highest BCUT2D eigenvalue weighted by Crippen LogP contribution is 2.65. The standard InChI is InChI=1S/C53H65O5P/c1-47(2,3)36-20-28-40(29-21-36)52(41-30-22-37(23-31-41)48(4,5)6)45-46(55-51(13,14)54-45)53(42-32-24-38(25-33-42)49(7,8)9,43-34-26-39(27-35-43)50(10,11)12)58-59(57-52)56-44-18-16-15-17-19-44/h15-35,45-46H,1-14H3/t45-,46-/m1/s1. The van der Waals surface area contributed by atoms with E-state index in [-0.39, 0.29) is 21.7 Å². The number of benzene rings is 5. The van der Waals surface area contributed by atoms with Crippen molar-refractivity contribution in [1.82, 2.24) is 0 Å². The fourth-order valence-corrected chi connectivity index (χ4v) is 9.90. The summed E-state index contributed by atoms with van der Waals surface area (Å²) in [6.45, 7) is 30.9. The van der Waals surface area contributed by atoms with Crippen LogP contribution < -0.4 is 4.52 Å². The number of para-hydroxylation sites is 1. The summed E-state index contributed by atoms with van der Waals surface area (Å²) in [6, 6.07) is 45.2. The van der Waals surface area contributed by atoms with Crippen molar-refractivity contribution in [2.75, 3.05) is 0 Å². The van der Waals surface area contributed by atoms with Gasteiger partial charge in [0.25, 0.3) is 0 Å². The molecule has 312 valence electrons. The van der Waals surface area contributed by atoms with Crippen molar-refractivity contribution in [3.63, 3.8) is 0 Å². The number of hydrogen-bond acceptors (Lipinski definition) is 5. The van der Waals surface area contributed by atoms with Gasteiger partial charge in [-0.15, -0.1) is 0 Å². The molecule has 0 N–H and O–H groups in total. The van der Waals surface area contributed by atoms with E-state index in [1.807, 2.05) is 44.2 Å². The van der Waals surface area contributed by atoms with E-state index in [2.05, 4.69) is 180 Å². The van der Waals surface area contributed by atoms with Crippen LogP contribution in [0, 0.1) is 0 Å². The van der Waals surface area contributed by atoms with Crippen LogP contribution in [-0.4, -0.2) is 18.0 Å². The predicted molar refractivity (Wildman–Crippen MR) is 242 cm³/mol. The Labute approximate surface area is 355 Å². The summed E-state index contributed by atoms with van der Waals surface area (Å²) in [5.41, 5.74) is 5.90. The summed E-state index contributed by atoms with van der Waals surface area (Å²) in [6.07, 6.45) is -1.43. The van der Waals surface area contributed by atoms with Gasteiger partial charge in [-0.1, -0.05) is 198 Å². The SMILES string of the molecule is CC1(C)O[C@@H]2[C@@H](O1)C(c1ccc(C(C)(C)C)cc1)(c1ccc(C(C)(C)C)cc1)OP(Oc1ccccc1)OC2(c1ccc(C(C)(C)C)cc1)c1ccc(C(C)(C)C)cc1. The molecule has 6 heteroatoms. The van der Waals surface area contributed by atoms with Crippen molar-refractivity contribution in [3.05, 3.63) is 172 Å². The molecule has 0 aliphatic carbocycles. The maximum atomic E-state index is 7.70. The summed E-state index contributed by atoms with van der Waals surface area (Å²) in [4.78, 5) is 0. The summed E-state index contributed by atoms with van der Waals surface area (Å²) in [5.74, 6) is -0.361. The van der Waals surface area contributed by atoms with Gasteiger partial charge in [0.05, 0.1) is 0 Å². The fourth-order valence-electron chi connectivity index (χ4n) is 8.39. The summed E-state index contributed by atoms with van der Waals surface area (Å²) < 4.78 is 37.0. The van der Waals surface area contributed by atoms with Crippen LogP contribution in [0.2, 0.25) is 0 Å². The summed E-state index contributed by atoms with van der Waals surface area (Å²) in [7, 11) is -2.18. The molecule has 7 rings (SSSR count). The molecule has 0 radical (unpaired) electrons. The van der Waals surface area contributed by atoms with Crippen molar-refractivity contribution in [1.29, 1.82) is 0 Å². The zero-order valence-corrected chi connectivity index (χ0v) is 38.7. The lowest BCUT2D eigenvalue weighted by Crippen LogP contribution is -2.53. The number of rotatable bonds is 6. The van der Waals surface area contributed by atoms with E-state index in [0.717, 1.165) is 22.3 Å². The maximum absolute atomic E-state index is 7.70. The first-order valence-corrected chi connectivity index (χ1v) is 22.2. The lowest BCUT2D eigenvalue weighted by molar-refractivity contribution is -0.175. The highest BCUT2D eigenvalue weighted by molar-refractivity contribution is 7.42. The minimum atomic E-state index is -2.18. The smallest absolute Gasteiger partial charge is 0.399 e. The molecule has 2 fully saturated rings. The molecule has 0 saturated carbocycles. The van der Waals surface area contributed by atoms with Crippen LogP contribution in [0.1, 0.15) is 141 Å². The van der Waals surface area contributed by atoms with Gasteiger partial charge in [0.1, 0.15) is 18.0 Å². The van der Waals surface area contributed by atoms with Gasteiger partial charge < -0.3 is 14.0 Å². The third kappa shape index (κ3) is 8.44. The third-order valence-corrected chi connectivity index (χ3v) is 13.2. The molecule has 0 unspecified atom stereocenters. The zero-order valence-electron chi connectivity index (χ0n) is 37.8. The van der Waals surface area contributed by atoms with Gasteiger partial charge in [-0.2, -0.15) is 0 Å². The van der Waals surface area contributed by atoms with Crippen molar-refractivity contribution < 1.29 is 23.0 Å². The van der Waals surface area contributed by atoms with Crippen LogP contribution in [-0.2, 0) is 51.4 Å². The van der Waals surface area contributed by atoms with Gasteiger partial charge in [-0.25, -0.2) is 0 Å². The largest absolute Gasteiger partial charge is 0.427 e. The Morgan fingerprint density at radius 2 is 0.678 bits per heavy atom. The van der Waals surface area contributed by atoms with E-state index in [0.29, 0.717) is 5.75 Å². The molecule has 59 heavy (non-hydrogen) atoms.